The van der Waals surface area contributed by atoms with E-state index in [0.717, 1.165) is 33.2 Å². The Bertz CT molecular complexity index is 1220. The lowest BCUT2D eigenvalue weighted by Crippen LogP contribution is -2.27. The summed E-state index contributed by atoms with van der Waals surface area (Å²) in [6, 6.07) is 13.7. The van der Waals surface area contributed by atoms with Gasteiger partial charge in [-0.2, -0.15) is 5.26 Å². The third-order valence-corrected chi connectivity index (χ3v) is 6.67. The molecule has 3 aromatic rings. The quantitative estimate of drug-likeness (QED) is 0.559. The van der Waals surface area contributed by atoms with Crippen LogP contribution in [0.1, 0.15) is 34.2 Å². The van der Waals surface area contributed by atoms with Gasteiger partial charge in [0.25, 0.3) is 0 Å². The van der Waals surface area contributed by atoms with Crippen molar-refractivity contribution in [1.82, 2.24) is 9.71 Å². The molecule has 2 aromatic carbocycles. The molecule has 7 heteroatoms. The van der Waals surface area contributed by atoms with Gasteiger partial charge < -0.3 is 5.32 Å². The van der Waals surface area contributed by atoms with Crippen LogP contribution in [0.25, 0.3) is 10.9 Å². The average molecular weight is 423 g/mol. The zero-order chi connectivity index (χ0) is 21.9. The van der Waals surface area contributed by atoms with Crippen LogP contribution in [0.3, 0.4) is 0 Å². The van der Waals surface area contributed by atoms with Crippen molar-refractivity contribution in [3.05, 3.63) is 64.2 Å². The van der Waals surface area contributed by atoms with Gasteiger partial charge in [0, 0.05) is 18.5 Å². The van der Waals surface area contributed by atoms with Crippen LogP contribution < -0.4 is 10.0 Å². The van der Waals surface area contributed by atoms with E-state index >= 15 is 0 Å². The molecule has 30 heavy (non-hydrogen) atoms. The maximum absolute atomic E-state index is 12.7. The maximum atomic E-state index is 12.7. The summed E-state index contributed by atoms with van der Waals surface area (Å²) < 4.78 is 28.1. The van der Waals surface area contributed by atoms with Crippen molar-refractivity contribution in [2.45, 2.75) is 39.0 Å². The highest BCUT2D eigenvalue weighted by Gasteiger charge is 2.19. The summed E-state index contributed by atoms with van der Waals surface area (Å²) in [6.45, 7) is 8.36. The lowest BCUT2D eigenvalue weighted by molar-refractivity contribution is 0.579. The Balaban J connectivity index is 1.63. The van der Waals surface area contributed by atoms with Crippen molar-refractivity contribution in [2.75, 3.05) is 18.4 Å². The lowest BCUT2D eigenvalue weighted by atomic mass is 10.1. The molecule has 0 fully saturated rings. The van der Waals surface area contributed by atoms with Gasteiger partial charge in [0.15, 0.2) is 0 Å². The van der Waals surface area contributed by atoms with Gasteiger partial charge in [0.2, 0.25) is 10.0 Å². The number of hydrogen-bond acceptors (Lipinski definition) is 5. The standard InChI is InChI=1S/C23H26N4O2S/c1-15-6-7-21-19(12-15)13-20(14-24)23(27-21)25-8-5-9-26-30(28,29)22-17(3)10-16(2)11-18(22)4/h6-7,10-13,26H,5,8-9H2,1-4H3,(H,25,27). The average Bonchev–Trinajstić information content (AvgIpc) is 2.66. The molecular formula is C23H26N4O2S. The molecule has 0 aliphatic carbocycles. The predicted molar refractivity (Wildman–Crippen MR) is 120 cm³/mol. The van der Waals surface area contributed by atoms with Crippen molar-refractivity contribution < 1.29 is 8.42 Å². The first kappa shape index (κ1) is 21.8. The van der Waals surface area contributed by atoms with Crippen molar-refractivity contribution in [3.63, 3.8) is 0 Å². The number of hydrogen-bond donors (Lipinski definition) is 2. The molecule has 0 radical (unpaired) electrons. The molecule has 2 N–H and O–H groups in total. The van der Waals surface area contributed by atoms with Gasteiger partial charge in [-0.15, -0.1) is 0 Å². The van der Waals surface area contributed by atoms with Crippen molar-refractivity contribution in [1.29, 1.82) is 5.26 Å². The number of nitriles is 1. The Morgan fingerprint density at radius 3 is 2.33 bits per heavy atom. The number of anilines is 1. The molecule has 0 saturated carbocycles. The number of nitrogens with one attached hydrogen (secondary N) is 2. The minimum Gasteiger partial charge on any atom is -0.369 e. The van der Waals surface area contributed by atoms with E-state index in [-0.39, 0.29) is 6.54 Å². The van der Waals surface area contributed by atoms with Crippen LogP contribution in [0.4, 0.5) is 5.82 Å². The van der Waals surface area contributed by atoms with E-state index in [9.17, 15) is 13.7 Å². The number of benzene rings is 2. The molecule has 3 rings (SSSR count). The van der Waals surface area contributed by atoms with Gasteiger partial charge in [-0.25, -0.2) is 18.1 Å². The first-order valence-corrected chi connectivity index (χ1v) is 11.3. The fraction of sp³-hybridized carbons (Fsp3) is 0.304. The molecule has 0 saturated heterocycles. The van der Waals surface area contributed by atoms with Crippen LogP contribution >= 0.6 is 0 Å². The summed E-state index contributed by atoms with van der Waals surface area (Å²) in [5.74, 6) is 0.516. The number of pyridine rings is 1. The van der Waals surface area contributed by atoms with E-state index in [1.165, 1.54) is 0 Å². The number of sulfonamides is 1. The highest BCUT2D eigenvalue weighted by Crippen LogP contribution is 2.22. The third kappa shape index (κ3) is 4.78. The normalized spacial score (nSPS) is 11.4. The number of nitrogens with zero attached hydrogens (tertiary/aromatic N) is 2. The van der Waals surface area contributed by atoms with Crippen molar-refractivity contribution in [2.24, 2.45) is 0 Å². The topological polar surface area (TPSA) is 94.9 Å². The van der Waals surface area contributed by atoms with Crippen LogP contribution in [0.5, 0.6) is 0 Å². The van der Waals surface area contributed by atoms with Crippen LogP contribution in [0.15, 0.2) is 41.3 Å². The SMILES string of the molecule is Cc1cc(C)c(S(=O)(=O)NCCCNc2nc3ccc(C)cc3cc2C#N)c(C)c1. The molecule has 0 atom stereocenters. The van der Waals surface area contributed by atoms with Gasteiger partial charge in [-0.3, -0.25) is 0 Å². The van der Waals surface area contributed by atoms with Gasteiger partial charge in [-0.1, -0.05) is 29.3 Å². The van der Waals surface area contributed by atoms with Crippen LogP contribution in [-0.2, 0) is 10.0 Å². The Morgan fingerprint density at radius 2 is 1.67 bits per heavy atom. The van der Waals surface area contributed by atoms with Gasteiger partial charge in [0.05, 0.1) is 16.0 Å². The Labute approximate surface area is 178 Å². The van der Waals surface area contributed by atoms with E-state index in [2.05, 4.69) is 21.1 Å². The minimum absolute atomic E-state index is 0.288. The Kier molecular flexibility index (Phi) is 6.40. The molecule has 156 valence electrons. The molecule has 6 nitrogen and oxygen atoms in total. The van der Waals surface area contributed by atoms with E-state index < -0.39 is 10.0 Å². The summed E-state index contributed by atoms with van der Waals surface area (Å²) in [5.41, 5.74) is 4.92. The summed E-state index contributed by atoms with van der Waals surface area (Å²) in [7, 11) is -3.57. The summed E-state index contributed by atoms with van der Waals surface area (Å²) in [5, 5.41) is 13.5. The van der Waals surface area contributed by atoms with Crippen LogP contribution in [-0.4, -0.2) is 26.5 Å². The van der Waals surface area contributed by atoms with Crippen LogP contribution in [0, 0.1) is 39.0 Å². The monoisotopic (exact) mass is 422 g/mol. The highest BCUT2D eigenvalue weighted by molar-refractivity contribution is 7.89. The molecule has 0 aliphatic rings. The van der Waals surface area contributed by atoms with E-state index in [1.54, 1.807) is 0 Å². The van der Waals surface area contributed by atoms with Gasteiger partial charge in [-0.05, 0) is 63.4 Å². The summed E-state index contributed by atoms with van der Waals surface area (Å²) in [6.07, 6.45) is 0.557. The second kappa shape index (κ2) is 8.82. The lowest BCUT2D eigenvalue weighted by Gasteiger charge is -2.13. The number of aromatic nitrogens is 1. The number of aryl methyl sites for hydroxylation is 4. The van der Waals surface area contributed by atoms with Gasteiger partial charge in [0.1, 0.15) is 11.9 Å². The van der Waals surface area contributed by atoms with E-state index in [1.807, 2.05) is 64.1 Å². The molecule has 0 unspecified atom stereocenters. The first-order chi connectivity index (χ1) is 14.2. The van der Waals surface area contributed by atoms with Crippen LogP contribution in [0.2, 0.25) is 0 Å². The largest absolute Gasteiger partial charge is 0.369 e. The molecule has 1 aromatic heterocycles. The second-order valence-electron chi connectivity index (χ2n) is 7.60. The van der Waals surface area contributed by atoms with Crippen molar-refractivity contribution >= 4 is 26.7 Å². The molecule has 0 spiro atoms. The molecule has 1 heterocycles. The third-order valence-electron chi connectivity index (χ3n) is 4.90. The van der Waals surface area contributed by atoms with Gasteiger partial charge >= 0.3 is 0 Å². The number of rotatable bonds is 7. The van der Waals surface area contributed by atoms with Crippen molar-refractivity contribution in [3.8, 4) is 6.07 Å². The Morgan fingerprint density at radius 1 is 0.967 bits per heavy atom. The molecule has 0 aliphatic heterocycles. The zero-order valence-electron chi connectivity index (χ0n) is 17.7. The summed E-state index contributed by atoms with van der Waals surface area (Å²) in [4.78, 5) is 4.89. The Hall–Kier alpha value is -2.95. The fourth-order valence-corrected chi connectivity index (χ4v) is 5.20. The number of fused-ring (bicyclic) bond motifs is 1. The second-order valence-corrected chi connectivity index (χ2v) is 9.30. The fourth-order valence-electron chi connectivity index (χ4n) is 3.68. The smallest absolute Gasteiger partial charge is 0.241 e. The maximum Gasteiger partial charge on any atom is 0.241 e. The van der Waals surface area contributed by atoms with E-state index in [4.69, 9.17) is 0 Å². The summed E-state index contributed by atoms with van der Waals surface area (Å²) >= 11 is 0. The molecule has 0 bridgehead atoms. The molecule has 0 amide bonds. The molecular weight excluding hydrogens is 396 g/mol. The minimum atomic E-state index is -3.57. The predicted octanol–water partition coefficient (Wildman–Crippen LogP) is 4.12. The zero-order valence-corrected chi connectivity index (χ0v) is 18.5. The van der Waals surface area contributed by atoms with E-state index in [0.29, 0.717) is 29.2 Å². The first-order valence-electron chi connectivity index (χ1n) is 9.84. The highest BCUT2D eigenvalue weighted by atomic mass is 32.2.